The molecular weight excluding hydrogens is 400 g/mol. The number of esters is 1. The Bertz CT molecular complexity index is 701. The van der Waals surface area contributed by atoms with Crippen LogP contribution in [-0.4, -0.2) is 59.6 Å². The molecule has 1 unspecified atom stereocenters. The first-order chi connectivity index (χ1) is 14.9. The van der Waals surface area contributed by atoms with Crippen LogP contribution >= 0.6 is 0 Å². The number of unbranched alkanes of at least 4 members (excludes halogenated alkanes) is 1. The zero-order valence-corrected chi connectivity index (χ0v) is 18.3. The Morgan fingerprint density at radius 1 is 1.19 bits per heavy atom. The van der Waals surface area contributed by atoms with E-state index >= 15 is 0 Å². The van der Waals surface area contributed by atoms with Gasteiger partial charge in [0.1, 0.15) is 24.2 Å². The van der Waals surface area contributed by atoms with Crippen molar-refractivity contribution in [3.63, 3.8) is 0 Å². The lowest BCUT2D eigenvalue weighted by molar-refractivity contribution is -0.147. The highest BCUT2D eigenvalue weighted by molar-refractivity contribution is 5.85. The van der Waals surface area contributed by atoms with Crippen LogP contribution in [-0.2, 0) is 19.1 Å². The molecule has 1 saturated carbocycles. The molecule has 7 heteroatoms. The summed E-state index contributed by atoms with van der Waals surface area (Å²) in [6, 6.07) is 9.15. The fourth-order valence-electron chi connectivity index (χ4n) is 3.44. The average molecular weight is 435 g/mol. The van der Waals surface area contributed by atoms with Crippen LogP contribution in [0.5, 0.6) is 5.75 Å². The predicted molar refractivity (Wildman–Crippen MR) is 116 cm³/mol. The van der Waals surface area contributed by atoms with Gasteiger partial charge in [0.25, 0.3) is 0 Å². The Labute approximate surface area is 184 Å². The number of carbonyl (C=O) groups is 2. The van der Waals surface area contributed by atoms with E-state index in [0.717, 1.165) is 0 Å². The number of hydrogen-bond donors (Lipinski definition) is 2. The number of Topliss-reactive ketones (excluding diaryl/α,β-unsaturated/α-hetero) is 1. The number of aliphatic hydroxyl groups is 2. The Morgan fingerprint density at radius 2 is 1.94 bits per heavy atom. The third-order valence-corrected chi connectivity index (χ3v) is 4.94. The number of para-hydroxylation sites is 1. The summed E-state index contributed by atoms with van der Waals surface area (Å²) in [5.41, 5.74) is 0. The van der Waals surface area contributed by atoms with E-state index in [1.165, 1.54) is 0 Å². The number of aliphatic hydroxyl groups excluding tert-OH is 2. The van der Waals surface area contributed by atoms with Gasteiger partial charge in [-0.3, -0.25) is 9.59 Å². The minimum atomic E-state index is -0.876. The van der Waals surface area contributed by atoms with Crippen molar-refractivity contribution < 1.29 is 34.0 Å². The lowest BCUT2D eigenvalue weighted by Gasteiger charge is -2.22. The minimum Gasteiger partial charge on any atom is -0.491 e. The topological polar surface area (TPSA) is 102 Å². The number of benzene rings is 1. The van der Waals surface area contributed by atoms with Crippen LogP contribution < -0.4 is 4.74 Å². The van der Waals surface area contributed by atoms with E-state index in [4.69, 9.17) is 14.2 Å². The standard InChI is InChI=1S/C24H34O7/c1-17(2)31-23(28)13-9-4-3-8-12-20-21(26)14-22(27)24(20)30-16-18(25)15-29-19-10-6-5-7-11-19/h3,5-8,10-11,17-18,20,22,24-25,27H,4,9,12-16H2,1-2H3/b8-3-/t18?,20-,22+,24+/m0/s1. The SMILES string of the molecule is CC(C)OC(=O)CCC/C=C\C[C@H]1C(=O)C[C@@H](O)[C@@H]1OCC(O)COc1ccccc1. The molecule has 0 amide bonds. The predicted octanol–water partition coefficient (Wildman–Crippen LogP) is 2.83. The zero-order chi connectivity index (χ0) is 22.6. The van der Waals surface area contributed by atoms with Gasteiger partial charge >= 0.3 is 5.97 Å². The van der Waals surface area contributed by atoms with Gasteiger partial charge in [0, 0.05) is 18.8 Å². The van der Waals surface area contributed by atoms with Gasteiger partial charge in [0.15, 0.2) is 0 Å². The second kappa shape index (κ2) is 13.2. The third-order valence-electron chi connectivity index (χ3n) is 4.94. The summed E-state index contributed by atoms with van der Waals surface area (Å²) in [5.74, 6) is -0.0454. The van der Waals surface area contributed by atoms with Crippen LogP contribution in [0.3, 0.4) is 0 Å². The number of ether oxygens (including phenoxy) is 3. The first kappa shape index (κ1) is 25.0. The molecular formula is C24H34O7. The van der Waals surface area contributed by atoms with Crippen molar-refractivity contribution in [2.75, 3.05) is 13.2 Å². The number of carbonyl (C=O) groups excluding carboxylic acids is 2. The summed E-state index contributed by atoms with van der Waals surface area (Å²) in [6.07, 6.45) is 3.57. The van der Waals surface area contributed by atoms with E-state index in [9.17, 15) is 19.8 Å². The molecule has 172 valence electrons. The number of hydrogen-bond acceptors (Lipinski definition) is 7. The summed E-state index contributed by atoms with van der Waals surface area (Å²) in [7, 11) is 0. The fourth-order valence-corrected chi connectivity index (χ4v) is 3.44. The Hall–Kier alpha value is -2.22. The molecule has 0 heterocycles. The minimum absolute atomic E-state index is 0.0278. The van der Waals surface area contributed by atoms with E-state index in [-0.39, 0.29) is 37.5 Å². The monoisotopic (exact) mass is 434 g/mol. The van der Waals surface area contributed by atoms with Gasteiger partial charge in [0.2, 0.25) is 0 Å². The second-order valence-corrected chi connectivity index (χ2v) is 8.06. The first-order valence-corrected chi connectivity index (χ1v) is 10.9. The normalized spacial score (nSPS) is 22.2. The molecule has 0 aliphatic heterocycles. The fraction of sp³-hybridized carbons (Fsp3) is 0.583. The van der Waals surface area contributed by atoms with E-state index in [0.29, 0.717) is 31.4 Å². The van der Waals surface area contributed by atoms with Crippen LogP contribution in [0.1, 0.15) is 46.0 Å². The summed E-state index contributed by atoms with van der Waals surface area (Å²) >= 11 is 0. The lowest BCUT2D eigenvalue weighted by Crippen LogP contribution is -2.34. The Balaban J connectivity index is 1.71. The third kappa shape index (κ3) is 9.21. The van der Waals surface area contributed by atoms with Crippen molar-refractivity contribution >= 4 is 11.8 Å². The van der Waals surface area contributed by atoms with Gasteiger partial charge < -0.3 is 24.4 Å². The molecule has 31 heavy (non-hydrogen) atoms. The van der Waals surface area contributed by atoms with Gasteiger partial charge in [-0.25, -0.2) is 0 Å². The maximum atomic E-state index is 12.2. The van der Waals surface area contributed by atoms with Gasteiger partial charge in [0.05, 0.1) is 24.9 Å². The highest BCUT2D eigenvalue weighted by Crippen LogP contribution is 2.29. The average Bonchev–Trinajstić information content (AvgIpc) is 3.00. The van der Waals surface area contributed by atoms with E-state index in [1.54, 1.807) is 12.1 Å². The smallest absolute Gasteiger partial charge is 0.306 e. The zero-order valence-electron chi connectivity index (χ0n) is 18.3. The summed E-state index contributed by atoms with van der Waals surface area (Å²) < 4.78 is 16.3. The van der Waals surface area contributed by atoms with Crippen LogP contribution in [0.4, 0.5) is 0 Å². The molecule has 0 aromatic heterocycles. The summed E-state index contributed by atoms with van der Waals surface area (Å²) in [6.45, 7) is 3.67. The van der Waals surface area contributed by atoms with Crippen molar-refractivity contribution in [2.24, 2.45) is 5.92 Å². The second-order valence-electron chi connectivity index (χ2n) is 8.06. The van der Waals surface area contributed by atoms with Crippen LogP contribution in [0.2, 0.25) is 0 Å². The molecule has 1 aromatic carbocycles. The van der Waals surface area contributed by atoms with Crippen LogP contribution in [0, 0.1) is 5.92 Å². The lowest BCUT2D eigenvalue weighted by atomic mass is 9.99. The van der Waals surface area contributed by atoms with Crippen LogP contribution in [0.15, 0.2) is 42.5 Å². The molecule has 1 fully saturated rings. The van der Waals surface area contributed by atoms with Crippen molar-refractivity contribution in [2.45, 2.75) is 70.4 Å². The Morgan fingerprint density at radius 3 is 2.65 bits per heavy atom. The van der Waals surface area contributed by atoms with Crippen molar-refractivity contribution in [3.05, 3.63) is 42.5 Å². The molecule has 2 N–H and O–H groups in total. The van der Waals surface area contributed by atoms with E-state index in [2.05, 4.69) is 0 Å². The van der Waals surface area contributed by atoms with Crippen molar-refractivity contribution in [1.29, 1.82) is 0 Å². The van der Waals surface area contributed by atoms with Crippen molar-refractivity contribution in [3.8, 4) is 5.75 Å². The van der Waals surface area contributed by atoms with Gasteiger partial charge in [-0.2, -0.15) is 0 Å². The van der Waals surface area contributed by atoms with Gasteiger partial charge in [-0.05, 0) is 45.2 Å². The molecule has 1 aliphatic rings. The highest BCUT2D eigenvalue weighted by Gasteiger charge is 2.41. The molecule has 1 aromatic rings. The van der Waals surface area contributed by atoms with E-state index < -0.39 is 24.2 Å². The number of ketones is 1. The van der Waals surface area contributed by atoms with Gasteiger partial charge in [-0.15, -0.1) is 0 Å². The quantitative estimate of drug-likeness (QED) is 0.280. The molecule has 2 rings (SSSR count). The largest absolute Gasteiger partial charge is 0.491 e. The maximum Gasteiger partial charge on any atom is 0.306 e. The maximum absolute atomic E-state index is 12.2. The number of allylic oxidation sites excluding steroid dienone is 2. The molecule has 0 spiro atoms. The first-order valence-electron chi connectivity index (χ1n) is 10.9. The Kier molecular flexibility index (Phi) is 10.7. The van der Waals surface area contributed by atoms with Crippen LogP contribution in [0.25, 0.3) is 0 Å². The molecule has 0 bridgehead atoms. The van der Waals surface area contributed by atoms with Gasteiger partial charge in [-0.1, -0.05) is 30.4 Å². The number of rotatable bonds is 13. The molecule has 7 nitrogen and oxygen atoms in total. The highest BCUT2D eigenvalue weighted by atomic mass is 16.5. The molecule has 1 aliphatic carbocycles. The molecule has 0 radical (unpaired) electrons. The van der Waals surface area contributed by atoms with Crippen molar-refractivity contribution in [1.82, 2.24) is 0 Å². The van der Waals surface area contributed by atoms with E-state index in [1.807, 2.05) is 44.2 Å². The summed E-state index contributed by atoms with van der Waals surface area (Å²) in [4.78, 5) is 23.7. The molecule has 0 saturated heterocycles. The molecule has 4 atom stereocenters. The summed E-state index contributed by atoms with van der Waals surface area (Å²) in [5, 5.41) is 20.3.